The Balaban J connectivity index is 2.51. The van der Waals surface area contributed by atoms with Crippen molar-refractivity contribution >= 4 is 5.91 Å². The van der Waals surface area contributed by atoms with Gasteiger partial charge in [0.1, 0.15) is 0 Å². The number of allylic oxidation sites excluding steroid dienone is 1. The lowest BCUT2D eigenvalue weighted by Gasteiger charge is -2.31. The first-order chi connectivity index (χ1) is 6.09. The van der Waals surface area contributed by atoms with Crippen LogP contribution in [0.15, 0.2) is 11.6 Å². The second-order valence-corrected chi connectivity index (χ2v) is 3.86. The molecule has 0 bridgehead atoms. The van der Waals surface area contributed by atoms with Crippen LogP contribution in [-0.2, 0) is 4.79 Å². The molecule has 0 radical (unpaired) electrons. The fourth-order valence-electron chi connectivity index (χ4n) is 1.47. The van der Waals surface area contributed by atoms with E-state index in [2.05, 4.69) is 12.2 Å². The lowest BCUT2D eigenvalue weighted by molar-refractivity contribution is -0.127. The maximum Gasteiger partial charge on any atom is 0.246 e. The predicted molar refractivity (Wildman–Crippen MR) is 53.5 cm³/mol. The molecule has 0 unspecified atom stereocenters. The summed E-state index contributed by atoms with van der Waals surface area (Å²) in [6.07, 6.45) is 1.71. The van der Waals surface area contributed by atoms with Gasteiger partial charge >= 0.3 is 0 Å². The molecule has 1 heterocycles. The van der Waals surface area contributed by atoms with Crippen LogP contribution in [0.3, 0.4) is 0 Å². The van der Waals surface area contributed by atoms with Crippen LogP contribution in [0.25, 0.3) is 0 Å². The number of amides is 1. The Kier molecular flexibility index (Phi) is 3.48. The standard InChI is InChI=1S/C10H18N2O/c1-8(2)6-10(13)12-5-4-11-9(3)7-12/h6,9,11H,4-5,7H2,1-3H3/t9-/m1/s1. The summed E-state index contributed by atoms with van der Waals surface area (Å²) < 4.78 is 0. The molecule has 1 aliphatic rings. The Morgan fingerprint density at radius 1 is 1.54 bits per heavy atom. The van der Waals surface area contributed by atoms with Crippen molar-refractivity contribution < 1.29 is 4.79 Å². The minimum atomic E-state index is 0.147. The van der Waals surface area contributed by atoms with Crippen LogP contribution in [-0.4, -0.2) is 36.5 Å². The zero-order valence-corrected chi connectivity index (χ0v) is 8.63. The Hall–Kier alpha value is -0.830. The van der Waals surface area contributed by atoms with Crippen molar-refractivity contribution in [3.63, 3.8) is 0 Å². The van der Waals surface area contributed by atoms with Crippen LogP contribution in [0.2, 0.25) is 0 Å². The van der Waals surface area contributed by atoms with Gasteiger partial charge in [-0.1, -0.05) is 5.57 Å². The van der Waals surface area contributed by atoms with Gasteiger partial charge in [-0.3, -0.25) is 4.79 Å². The van der Waals surface area contributed by atoms with E-state index in [1.165, 1.54) is 0 Å². The van der Waals surface area contributed by atoms with Crippen molar-refractivity contribution in [3.8, 4) is 0 Å². The summed E-state index contributed by atoms with van der Waals surface area (Å²) in [5.41, 5.74) is 1.07. The molecule has 1 rings (SSSR count). The van der Waals surface area contributed by atoms with Gasteiger partial charge in [0.2, 0.25) is 5.91 Å². The van der Waals surface area contributed by atoms with Gasteiger partial charge < -0.3 is 10.2 Å². The van der Waals surface area contributed by atoms with Crippen LogP contribution in [0.1, 0.15) is 20.8 Å². The molecule has 1 saturated heterocycles. The number of rotatable bonds is 1. The predicted octanol–water partition coefficient (Wildman–Crippen LogP) is 0.773. The normalized spacial score (nSPS) is 22.7. The Morgan fingerprint density at radius 3 is 2.77 bits per heavy atom. The van der Waals surface area contributed by atoms with Crippen LogP contribution in [0.5, 0.6) is 0 Å². The SMILES string of the molecule is CC(C)=CC(=O)N1CCN[C@H](C)C1. The molecule has 3 nitrogen and oxygen atoms in total. The van der Waals surface area contributed by atoms with Gasteiger partial charge in [0.25, 0.3) is 0 Å². The van der Waals surface area contributed by atoms with Crippen molar-refractivity contribution in [1.29, 1.82) is 0 Å². The Bertz CT molecular complexity index is 219. The fraction of sp³-hybridized carbons (Fsp3) is 0.700. The largest absolute Gasteiger partial charge is 0.336 e. The molecule has 0 aliphatic carbocycles. The first-order valence-corrected chi connectivity index (χ1v) is 4.77. The highest BCUT2D eigenvalue weighted by Gasteiger charge is 2.18. The molecule has 13 heavy (non-hydrogen) atoms. The van der Waals surface area contributed by atoms with E-state index in [-0.39, 0.29) is 5.91 Å². The highest BCUT2D eigenvalue weighted by Crippen LogP contribution is 2.01. The molecule has 1 fully saturated rings. The lowest BCUT2D eigenvalue weighted by atomic mass is 10.2. The van der Waals surface area contributed by atoms with Gasteiger partial charge in [0.05, 0.1) is 0 Å². The van der Waals surface area contributed by atoms with E-state index in [9.17, 15) is 4.79 Å². The van der Waals surface area contributed by atoms with E-state index < -0.39 is 0 Å². The number of hydrogen-bond acceptors (Lipinski definition) is 2. The van der Waals surface area contributed by atoms with Gasteiger partial charge in [-0.25, -0.2) is 0 Å². The summed E-state index contributed by atoms with van der Waals surface area (Å²) in [4.78, 5) is 13.5. The minimum Gasteiger partial charge on any atom is -0.336 e. The number of nitrogens with zero attached hydrogens (tertiary/aromatic N) is 1. The summed E-state index contributed by atoms with van der Waals surface area (Å²) in [5.74, 6) is 0.147. The molecular weight excluding hydrogens is 164 g/mol. The molecule has 0 spiro atoms. The molecular formula is C10H18N2O. The van der Waals surface area contributed by atoms with Crippen LogP contribution in [0.4, 0.5) is 0 Å². The molecule has 0 aromatic heterocycles. The highest BCUT2D eigenvalue weighted by atomic mass is 16.2. The van der Waals surface area contributed by atoms with Crippen LogP contribution < -0.4 is 5.32 Å². The number of carbonyl (C=O) groups is 1. The van der Waals surface area contributed by atoms with Crippen molar-refractivity contribution in [2.75, 3.05) is 19.6 Å². The van der Waals surface area contributed by atoms with Crippen LogP contribution >= 0.6 is 0 Å². The molecule has 1 amide bonds. The zero-order chi connectivity index (χ0) is 9.84. The maximum absolute atomic E-state index is 11.6. The average molecular weight is 182 g/mol. The number of nitrogens with one attached hydrogen (secondary N) is 1. The summed E-state index contributed by atoms with van der Waals surface area (Å²) in [6, 6.07) is 0.420. The van der Waals surface area contributed by atoms with Crippen LogP contribution in [0, 0.1) is 0 Å². The number of piperazine rings is 1. The molecule has 3 heteroatoms. The number of hydrogen-bond donors (Lipinski definition) is 1. The fourth-order valence-corrected chi connectivity index (χ4v) is 1.47. The monoisotopic (exact) mass is 182 g/mol. The quantitative estimate of drug-likeness (QED) is 0.608. The Morgan fingerprint density at radius 2 is 2.23 bits per heavy atom. The molecule has 1 atom stereocenters. The van der Waals surface area contributed by atoms with E-state index in [4.69, 9.17) is 0 Å². The maximum atomic E-state index is 11.6. The summed E-state index contributed by atoms with van der Waals surface area (Å²) in [7, 11) is 0. The smallest absolute Gasteiger partial charge is 0.246 e. The van der Waals surface area contributed by atoms with E-state index in [0.717, 1.165) is 25.2 Å². The van der Waals surface area contributed by atoms with E-state index in [1.54, 1.807) is 6.08 Å². The van der Waals surface area contributed by atoms with Gasteiger partial charge in [-0.2, -0.15) is 0 Å². The average Bonchev–Trinajstić information content (AvgIpc) is 2.03. The topological polar surface area (TPSA) is 32.3 Å². The third kappa shape index (κ3) is 3.19. The summed E-state index contributed by atoms with van der Waals surface area (Å²) >= 11 is 0. The Labute approximate surface area is 79.8 Å². The first-order valence-electron chi connectivity index (χ1n) is 4.77. The van der Waals surface area contributed by atoms with E-state index >= 15 is 0 Å². The van der Waals surface area contributed by atoms with E-state index in [1.807, 2.05) is 18.7 Å². The molecule has 74 valence electrons. The summed E-state index contributed by atoms with van der Waals surface area (Å²) in [6.45, 7) is 8.55. The lowest BCUT2D eigenvalue weighted by Crippen LogP contribution is -2.50. The summed E-state index contributed by atoms with van der Waals surface area (Å²) in [5, 5.41) is 3.31. The van der Waals surface area contributed by atoms with Gasteiger partial charge in [-0.15, -0.1) is 0 Å². The van der Waals surface area contributed by atoms with E-state index in [0.29, 0.717) is 6.04 Å². The first kappa shape index (κ1) is 10.3. The molecule has 0 saturated carbocycles. The highest BCUT2D eigenvalue weighted by molar-refractivity contribution is 5.88. The minimum absolute atomic E-state index is 0.147. The second kappa shape index (κ2) is 4.42. The molecule has 0 aromatic carbocycles. The molecule has 1 aliphatic heterocycles. The van der Waals surface area contributed by atoms with Crippen molar-refractivity contribution in [1.82, 2.24) is 10.2 Å². The second-order valence-electron chi connectivity index (χ2n) is 3.86. The van der Waals surface area contributed by atoms with Crippen molar-refractivity contribution in [2.45, 2.75) is 26.8 Å². The van der Waals surface area contributed by atoms with Gasteiger partial charge in [0, 0.05) is 31.8 Å². The third-order valence-electron chi connectivity index (χ3n) is 2.09. The van der Waals surface area contributed by atoms with Crippen molar-refractivity contribution in [2.24, 2.45) is 0 Å². The zero-order valence-electron chi connectivity index (χ0n) is 8.63. The molecule has 1 N–H and O–H groups in total. The van der Waals surface area contributed by atoms with Gasteiger partial charge in [0.15, 0.2) is 0 Å². The molecule has 0 aromatic rings. The van der Waals surface area contributed by atoms with Crippen molar-refractivity contribution in [3.05, 3.63) is 11.6 Å². The number of carbonyl (C=O) groups excluding carboxylic acids is 1. The third-order valence-corrected chi connectivity index (χ3v) is 2.09. The van der Waals surface area contributed by atoms with Gasteiger partial charge in [-0.05, 0) is 20.8 Å².